The van der Waals surface area contributed by atoms with Gasteiger partial charge in [-0.25, -0.2) is 9.78 Å². The van der Waals surface area contributed by atoms with Crippen molar-refractivity contribution in [2.45, 2.75) is 39.2 Å². The Morgan fingerprint density at radius 2 is 2.00 bits per heavy atom. The largest absolute Gasteiger partial charge is 0.508 e. The molecule has 9 heteroatoms. The van der Waals surface area contributed by atoms with E-state index in [1.807, 2.05) is 6.92 Å². The van der Waals surface area contributed by atoms with Crippen LogP contribution in [-0.2, 0) is 0 Å². The van der Waals surface area contributed by atoms with Crippen LogP contribution in [0.25, 0.3) is 16.7 Å². The summed E-state index contributed by atoms with van der Waals surface area (Å²) in [5.41, 5.74) is 14.9. The fourth-order valence-corrected chi connectivity index (χ4v) is 3.81. The number of phenols is 1. The third-order valence-electron chi connectivity index (χ3n) is 5.62. The number of benzene rings is 1. The van der Waals surface area contributed by atoms with Gasteiger partial charge in [0.1, 0.15) is 17.2 Å². The summed E-state index contributed by atoms with van der Waals surface area (Å²) in [4.78, 5) is 28.8. The molecule has 156 valence electrons. The average Bonchev–Trinajstić information content (AvgIpc) is 2.93. The minimum atomic E-state index is -0.704. The molecule has 0 saturated heterocycles. The second-order valence-corrected chi connectivity index (χ2v) is 7.66. The Kier molecular flexibility index (Phi) is 4.73. The number of nitrogens with two attached hydrogens (primary N) is 2. The van der Waals surface area contributed by atoms with Crippen LogP contribution in [0.5, 0.6) is 5.75 Å². The molecule has 3 amide bonds. The predicted molar refractivity (Wildman–Crippen MR) is 115 cm³/mol. The summed E-state index contributed by atoms with van der Waals surface area (Å²) in [5, 5.41) is 16.2. The molecule has 1 fully saturated rings. The van der Waals surface area contributed by atoms with Crippen LogP contribution in [0.1, 0.15) is 40.7 Å². The molecule has 1 saturated carbocycles. The van der Waals surface area contributed by atoms with Gasteiger partial charge in [-0.05, 0) is 50.8 Å². The lowest BCUT2D eigenvalue weighted by Gasteiger charge is -2.26. The van der Waals surface area contributed by atoms with Crippen molar-refractivity contribution in [1.82, 2.24) is 14.9 Å². The van der Waals surface area contributed by atoms with Gasteiger partial charge >= 0.3 is 6.03 Å². The highest BCUT2D eigenvalue weighted by atomic mass is 16.3. The number of nitrogen functional groups attached to an aromatic ring is 1. The van der Waals surface area contributed by atoms with Crippen LogP contribution in [0.3, 0.4) is 0 Å². The van der Waals surface area contributed by atoms with Crippen molar-refractivity contribution in [1.29, 1.82) is 0 Å². The highest BCUT2D eigenvalue weighted by molar-refractivity contribution is 6.11. The van der Waals surface area contributed by atoms with Crippen molar-refractivity contribution in [2.24, 2.45) is 5.73 Å². The van der Waals surface area contributed by atoms with E-state index in [0.29, 0.717) is 28.0 Å². The SMILES string of the molecule is Cc1ccc(O)c(C)c1-n1c(N)c(C(N)=O)c2cc(NC(=O)NC3CCC3)cnc21. The molecule has 0 spiro atoms. The quantitative estimate of drug-likeness (QED) is 0.450. The number of anilines is 2. The van der Waals surface area contributed by atoms with E-state index in [4.69, 9.17) is 11.5 Å². The van der Waals surface area contributed by atoms with Gasteiger partial charge in [-0.1, -0.05) is 6.07 Å². The Balaban J connectivity index is 1.83. The molecule has 1 aliphatic rings. The van der Waals surface area contributed by atoms with Crippen molar-refractivity contribution in [3.63, 3.8) is 0 Å². The molecular weight excluding hydrogens is 384 g/mol. The first kappa shape index (κ1) is 19.6. The average molecular weight is 408 g/mol. The van der Waals surface area contributed by atoms with Crippen LogP contribution < -0.4 is 22.1 Å². The first-order valence-corrected chi connectivity index (χ1v) is 9.74. The van der Waals surface area contributed by atoms with E-state index in [2.05, 4.69) is 15.6 Å². The van der Waals surface area contributed by atoms with Crippen molar-refractivity contribution in [3.05, 3.63) is 41.1 Å². The molecule has 1 aliphatic carbocycles. The third-order valence-corrected chi connectivity index (χ3v) is 5.62. The van der Waals surface area contributed by atoms with Crippen LogP contribution in [-0.4, -0.2) is 32.6 Å². The van der Waals surface area contributed by atoms with Crippen molar-refractivity contribution < 1.29 is 14.7 Å². The number of aromatic nitrogens is 2. The third kappa shape index (κ3) is 3.18. The predicted octanol–water partition coefficient (Wildman–Crippen LogP) is 2.70. The van der Waals surface area contributed by atoms with Crippen LogP contribution in [0.2, 0.25) is 0 Å². The van der Waals surface area contributed by atoms with Crippen LogP contribution in [0.4, 0.5) is 16.3 Å². The lowest BCUT2D eigenvalue weighted by molar-refractivity contribution is 0.100. The van der Waals surface area contributed by atoms with Crippen LogP contribution in [0, 0.1) is 13.8 Å². The van der Waals surface area contributed by atoms with E-state index in [1.165, 1.54) is 6.20 Å². The summed E-state index contributed by atoms with van der Waals surface area (Å²) in [7, 11) is 0. The first-order valence-electron chi connectivity index (χ1n) is 9.74. The van der Waals surface area contributed by atoms with E-state index >= 15 is 0 Å². The molecule has 0 bridgehead atoms. The summed E-state index contributed by atoms with van der Waals surface area (Å²) >= 11 is 0. The van der Waals surface area contributed by atoms with E-state index in [-0.39, 0.29) is 29.2 Å². The minimum absolute atomic E-state index is 0.100. The van der Waals surface area contributed by atoms with Gasteiger partial charge < -0.3 is 27.2 Å². The summed E-state index contributed by atoms with van der Waals surface area (Å²) in [6.45, 7) is 3.63. The number of rotatable bonds is 4. The Bertz CT molecular complexity index is 1180. The molecular formula is C21H24N6O3. The molecule has 3 aromatic rings. The fourth-order valence-electron chi connectivity index (χ4n) is 3.81. The van der Waals surface area contributed by atoms with Gasteiger partial charge in [0.25, 0.3) is 5.91 Å². The van der Waals surface area contributed by atoms with E-state index in [1.54, 1.807) is 29.7 Å². The summed E-state index contributed by atoms with van der Waals surface area (Å²) in [6.07, 6.45) is 4.55. The molecule has 0 atom stereocenters. The van der Waals surface area contributed by atoms with E-state index in [0.717, 1.165) is 24.8 Å². The number of hydrogen-bond acceptors (Lipinski definition) is 5. The number of phenolic OH excluding ortho intramolecular Hbond substituents is 1. The fraction of sp³-hybridized carbons (Fsp3) is 0.286. The molecule has 1 aromatic carbocycles. The number of nitrogens with zero attached hydrogens (tertiary/aromatic N) is 2. The van der Waals surface area contributed by atoms with Crippen LogP contribution >= 0.6 is 0 Å². The zero-order chi connectivity index (χ0) is 21.6. The van der Waals surface area contributed by atoms with E-state index in [9.17, 15) is 14.7 Å². The maximum absolute atomic E-state index is 12.2. The molecule has 2 heterocycles. The minimum Gasteiger partial charge on any atom is -0.508 e. The number of aryl methyl sites for hydroxylation is 1. The number of carbonyl (C=O) groups is 2. The molecule has 0 aliphatic heterocycles. The Morgan fingerprint density at radius 1 is 1.27 bits per heavy atom. The van der Waals surface area contributed by atoms with Gasteiger partial charge in [0, 0.05) is 17.0 Å². The topological polar surface area (TPSA) is 148 Å². The summed E-state index contributed by atoms with van der Waals surface area (Å²) in [6, 6.07) is 4.85. The lowest BCUT2D eigenvalue weighted by atomic mass is 9.93. The number of pyridine rings is 1. The molecule has 4 rings (SSSR count). The normalized spacial score (nSPS) is 13.8. The second kappa shape index (κ2) is 7.25. The van der Waals surface area contributed by atoms with Crippen molar-refractivity contribution in [2.75, 3.05) is 11.1 Å². The second-order valence-electron chi connectivity index (χ2n) is 7.66. The highest BCUT2D eigenvalue weighted by Crippen LogP contribution is 2.36. The van der Waals surface area contributed by atoms with Gasteiger partial charge in [-0.3, -0.25) is 9.36 Å². The highest BCUT2D eigenvalue weighted by Gasteiger charge is 2.24. The molecule has 2 aromatic heterocycles. The van der Waals surface area contributed by atoms with Crippen molar-refractivity contribution in [3.8, 4) is 11.4 Å². The number of fused-ring (bicyclic) bond motifs is 1. The van der Waals surface area contributed by atoms with Gasteiger partial charge in [0.05, 0.1) is 23.1 Å². The first-order chi connectivity index (χ1) is 14.3. The van der Waals surface area contributed by atoms with Gasteiger partial charge in [0.2, 0.25) is 0 Å². The number of nitrogens with one attached hydrogen (secondary N) is 2. The molecule has 0 unspecified atom stereocenters. The lowest BCUT2D eigenvalue weighted by Crippen LogP contribution is -2.41. The molecule has 0 radical (unpaired) electrons. The summed E-state index contributed by atoms with van der Waals surface area (Å²) in [5.74, 6) is -0.481. The van der Waals surface area contributed by atoms with Crippen molar-refractivity contribution >= 4 is 34.5 Å². The zero-order valence-corrected chi connectivity index (χ0v) is 16.8. The molecule has 9 nitrogen and oxygen atoms in total. The Morgan fingerprint density at radius 3 is 2.63 bits per heavy atom. The maximum atomic E-state index is 12.2. The number of hydrogen-bond donors (Lipinski definition) is 5. The zero-order valence-electron chi connectivity index (χ0n) is 16.8. The maximum Gasteiger partial charge on any atom is 0.319 e. The summed E-state index contributed by atoms with van der Waals surface area (Å²) < 4.78 is 1.61. The molecule has 7 N–H and O–H groups in total. The number of carbonyl (C=O) groups excluding carboxylic acids is 2. The van der Waals surface area contributed by atoms with Gasteiger partial charge in [0.15, 0.2) is 0 Å². The molecule has 30 heavy (non-hydrogen) atoms. The van der Waals surface area contributed by atoms with E-state index < -0.39 is 5.91 Å². The number of urea groups is 1. The standard InChI is InChI=1S/C21H24N6O3/c1-10-6-7-15(28)11(2)17(10)27-18(22)16(19(23)29)14-8-13(9-24-20(14)27)26-21(30)25-12-4-3-5-12/h6-9,12,28H,3-5,22H2,1-2H3,(H2,23,29)(H2,25,26,30). The Hall–Kier alpha value is -3.75. The number of aromatic hydroxyl groups is 1. The smallest absolute Gasteiger partial charge is 0.319 e. The van der Waals surface area contributed by atoms with Crippen LogP contribution in [0.15, 0.2) is 24.4 Å². The number of amides is 3. The monoisotopic (exact) mass is 408 g/mol. The number of primary amides is 1. The van der Waals surface area contributed by atoms with Gasteiger partial charge in [-0.15, -0.1) is 0 Å². The van der Waals surface area contributed by atoms with Gasteiger partial charge in [-0.2, -0.15) is 0 Å². The Labute approximate surface area is 173 Å².